The molecule has 1 aromatic heterocycles. The summed E-state index contributed by atoms with van der Waals surface area (Å²) in [6, 6.07) is 2.03. The molecule has 2 nitrogen and oxygen atoms in total. The third kappa shape index (κ3) is 1.27. The van der Waals surface area contributed by atoms with Crippen LogP contribution in [0.4, 0.5) is 0 Å². The zero-order chi connectivity index (χ0) is 8.55. The van der Waals surface area contributed by atoms with E-state index in [9.17, 15) is 0 Å². The van der Waals surface area contributed by atoms with Gasteiger partial charge in [-0.1, -0.05) is 6.08 Å². The fourth-order valence-electron chi connectivity index (χ4n) is 1.58. The Balaban J connectivity index is 2.32. The minimum absolute atomic E-state index is 0.217. The second-order valence-electron chi connectivity index (χ2n) is 3.09. The second kappa shape index (κ2) is 2.94. The van der Waals surface area contributed by atoms with Crippen LogP contribution in [0.25, 0.3) is 5.57 Å². The van der Waals surface area contributed by atoms with E-state index in [1.807, 2.05) is 24.0 Å². The molecule has 2 rings (SSSR count). The van der Waals surface area contributed by atoms with Crippen LogP contribution in [0.5, 0.6) is 0 Å². The number of hydrogen-bond donors (Lipinski definition) is 0. The summed E-state index contributed by atoms with van der Waals surface area (Å²) in [5.74, 6) is 0. The normalized spacial score (nSPS) is 22.8. The van der Waals surface area contributed by atoms with Crippen LogP contribution in [-0.4, -0.2) is 15.2 Å². The number of alkyl halides is 1. The number of aryl methyl sites for hydroxylation is 1. The van der Waals surface area contributed by atoms with E-state index in [1.54, 1.807) is 0 Å². The van der Waals surface area contributed by atoms with Crippen LogP contribution in [0.2, 0.25) is 0 Å². The Morgan fingerprint density at radius 2 is 2.50 bits per heavy atom. The first kappa shape index (κ1) is 7.87. The third-order valence-corrected chi connectivity index (χ3v) is 2.57. The van der Waals surface area contributed by atoms with Crippen molar-refractivity contribution in [1.82, 2.24) is 9.78 Å². The molecular formula is C9H11ClN2. The Morgan fingerprint density at radius 3 is 3.00 bits per heavy atom. The van der Waals surface area contributed by atoms with Crippen LogP contribution in [0.15, 0.2) is 18.3 Å². The van der Waals surface area contributed by atoms with Crippen LogP contribution < -0.4 is 0 Å². The van der Waals surface area contributed by atoms with E-state index in [0.29, 0.717) is 0 Å². The van der Waals surface area contributed by atoms with Crippen LogP contribution >= 0.6 is 11.6 Å². The van der Waals surface area contributed by atoms with Gasteiger partial charge in [0.25, 0.3) is 0 Å². The van der Waals surface area contributed by atoms with Gasteiger partial charge >= 0.3 is 0 Å². The topological polar surface area (TPSA) is 17.8 Å². The molecule has 1 atom stereocenters. The van der Waals surface area contributed by atoms with Crippen molar-refractivity contribution in [2.24, 2.45) is 7.05 Å². The summed E-state index contributed by atoms with van der Waals surface area (Å²) in [5, 5.41) is 4.34. The van der Waals surface area contributed by atoms with Gasteiger partial charge in [0.2, 0.25) is 0 Å². The van der Waals surface area contributed by atoms with E-state index in [-0.39, 0.29) is 5.38 Å². The molecule has 0 N–H and O–H groups in total. The van der Waals surface area contributed by atoms with Gasteiger partial charge in [-0.25, -0.2) is 0 Å². The van der Waals surface area contributed by atoms with E-state index >= 15 is 0 Å². The number of rotatable bonds is 1. The van der Waals surface area contributed by atoms with Gasteiger partial charge in [-0.05, 0) is 24.5 Å². The fourth-order valence-corrected chi connectivity index (χ4v) is 1.84. The molecule has 0 spiro atoms. The van der Waals surface area contributed by atoms with Crippen molar-refractivity contribution in [3.8, 4) is 0 Å². The molecule has 12 heavy (non-hydrogen) atoms. The van der Waals surface area contributed by atoms with Gasteiger partial charge in [-0.15, -0.1) is 11.6 Å². The summed E-state index contributed by atoms with van der Waals surface area (Å²) >= 11 is 5.97. The van der Waals surface area contributed by atoms with E-state index in [4.69, 9.17) is 11.6 Å². The predicted molar refractivity (Wildman–Crippen MR) is 50.1 cm³/mol. The van der Waals surface area contributed by atoms with Crippen LogP contribution in [0, 0.1) is 0 Å². The molecule has 0 radical (unpaired) electrons. The number of hydrogen-bond acceptors (Lipinski definition) is 1. The van der Waals surface area contributed by atoms with Crippen LogP contribution in [0.1, 0.15) is 18.5 Å². The van der Waals surface area contributed by atoms with Gasteiger partial charge in [0.1, 0.15) is 0 Å². The highest BCUT2D eigenvalue weighted by Crippen LogP contribution is 2.29. The molecule has 0 aromatic carbocycles. The number of halogens is 1. The predicted octanol–water partition coefficient (Wildman–Crippen LogP) is 2.20. The van der Waals surface area contributed by atoms with Crippen LogP contribution in [0.3, 0.4) is 0 Å². The smallest absolute Gasteiger partial charge is 0.0635 e. The van der Waals surface area contributed by atoms with E-state index < -0.39 is 0 Å². The molecule has 3 heteroatoms. The van der Waals surface area contributed by atoms with Gasteiger partial charge in [0, 0.05) is 13.2 Å². The maximum absolute atomic E-state index is 5.97. The first-order chi connectivity index (χ1) is 5.77. The average Bonchev–Trinajstić information content (AvgIpc) is 2.58. The van der Waals surface area contributed by atoms with Crippen molar-refractivity contribution in [3.05, 3.63) is 24.0 Å². The maximum atomic E-state index is 5.97. The average molecular weight is 183 g/mol. The van der Waals surface area contributed by atoms with Crippen molar-refractivity contribution in [2.45, 2.75) is 18.2 Å². The molecule has 0 saturated carbocycles. The summed E-state index contributed by atoms with van der Waals surface area (Å²) in [6.45, 7) is 0. The molecular weight excluding hydrogens is 172 g/mol. The number of nitrogens with zero attached hydrogens (tertiary/aromatic N) is 2. The Labute approximate surface area is 76.8 Å². The summed E-state index contributed by atoms with van der Waals surface area (Å²) in [6.07, 6.45) is 6.08. The van der Waals surface area contributed by atoms with Crippen LogP contribution in [-0.2, 0) is 7.05 Å². The lowest BCUT2D eigenvalue weighted by molar-refractivity contribution is 0.752. The summed E-state index contributed by atoms with van der Waals surface area (Å²) in [5.41, 5.74) is 2.52. The van der Waals surface area contributed by atoms with Gasteiger partial charge in [-0.2, -0.15) is 5.10 Å². The Hall–Kier alpha value is -0.760. The molecule has 1 aliphatic rings. The van der Waals surface area contributed by atoms with Crippen molar-refractivity contribution in [1.29, 1.82) is 0 Å². The van der Waals surface area contributed by atoms with E-state index in [1.165, 1.54) is 11.3 Å². The lowest BCUT2D eigenvalue weighted by Crippen LogP contribution is -1.95. The molecule has 0 bridgehead atoms. The fraction of sp³-hybridized carbons (Fsp3) is 0.444. The summed E-state index contributed by atoms with van der Waals surface area (Å²) in [4.78, 5) is 0. The Bertz CT molecular complexity index is 314. The highest BCUT2D eigenvalue weighted by Gasteiger charge is 2.16. The lowest BCUT2D eigenvalue weighted by Gasteiger charge is -2.00. The first-order valence-electron chi connectivity index (χ1n) is 4.10. The quantitative estimate of drug-likeness (QED) is 0.609. The van der Waals surface area contributed by atoms with E-state index in [0.717, 1.165) is 12.8 Å². The minimum atomic E-state index is 0.217. The molecule has 1 unspecified atom stereocenters. The molecule has 1 heterocycles. The molecule has 0 aliphatic heterocycles. The van der Waals surface area contributed by atoms with Gasteiger partial charge in [0.05, 0.1) is 11.1 Å². The van der Waals surface area contributed by atoms with Gasteiger partial charge < -0.3 is 0 Å². The monoisotopic (exact) mass is 182 g/mol. The standard InChI is InChI=1S/C9H11ClN2/c1-12-9(4-5-11-12)7-2-3-8(10)6-7/h4-6,8H,2-3H2,1H3. The SMILES string of the molecule is Cn1nccc1C1=CC(Cl)CC1. The summed E-state index contributed by atoms with van der Waals surface area (Å²) < 4.78 is 1.89. The zero-order valence-corrected chi connectivity index (χ0v) is 7.75. The zero-order valence-electron chi connectivity index (χ0n) is 7.00. The second-order valence-corrected chi connectivity index (χ2v) is 3.65. The largest absolute Gasteiger partial charge is 0.268 e. The van der Waals surface area contributed by atoms with Crippen molar-refractivity contribution < 1.29 is 0 Å². The minimum Gasteiger partial charge on any atom is -0.268 e. The van der Waals surface area contributed by atoms with Crippen molar-refractivity contribution >= 4 is 17.2 Å². The van der Waals surface area contributed by atoms with Gasteiger partial charge in [0.15, 0.2) is 0 Å². The highest BCUT2D eigenvalue weighted by atomic mass is 35.5. The Kier molecular flexibility index (Phi) is 1.93. The molecule has 0 fully saturated rings. The first-order valence-corrected chi connectivity index (χ1v) is 4.54. The van der Waals surface area contributed by atoms with Crippen molar-refractivity contribution in [3.63, 3.8) is 0 Å². The van der Waals surface area contributed by atoms with Crippen molar-refractivity contribution in [2.75, 3.05) is 0 Å². The molecule has 1 aromatic rings. The highest BCUT2D eigenvalue weighted by molar-refractivity contribution is 6.22. The van der Waals surface area contributed by atoms with Gasteiger partial charge in [-0.3, -0.25) is 4.68 Å². The number of aromatic nitrogens is 2. The lowest BCUT2D eigenvalue weighted by atomic mass is 10.2. The Morgan fingerprint density at radius 1 is 1.67 bits per heavy atom. The molecule has 64 valence electrons. The molecule has 0 amide bonds. The molecule has 0 saturated heterocycles. The number of allylic oxidation sites excluding steroid dienone is 2. The van der Waals surface area contributed by atoms with E-state index in [2.05, 4.69) is 11.2 Å². The molecule has 1 aliphatic carbocycles. The maximum Gasteiger partial charge on any atom is 0.0635 e. The summed E-state index contributed by atoms with van der Waals surface area (Å²) in [7, 11) is 1.96. The third-order valence-electron chi connectivity index (χ3n) is 2.22.